The van der Waals surface area contributed by atoms with E-state index in [0.29, 0.717) is 11.3 Å². The lowest BCUT2D eigenvalue weighted by Crippen LogP contribution is -2.14. The summed E-state index contributed by atoms with van der Waals surface area (Å²) in [6.45, 7) is 0. The second-order valence-electron chi connectivity index (χ2n) is 2.85. The van der Waals surface area contributed by atoms with E-state index in [2.05, 4.69) is 15.0 Å². The number of nitrogens with two attached hydrogens (primary N) is 1. The third-order valence-electron chi connectivity index (χ3n) is 1.88. The number of nitrogens with zero attached hydrogens (tertiary/aromatic N) is 3. The highest BCUT2D eigenvalue weighted by Crippen LogP contribution is 2.17. The molecule has 1 amide bonds. The molecule has 74 valence electrons. The Morgan fingerprint density at radius 1 is 1.20 bits per heavy atom. The molecule has 0 spiro atoms. The first-order valence-corrected chi connectivity index (χ1v) is 4.30. The molecule has 15 heavy (non-hydrogen) atoms. The minimum absolute atomic E-state index is 0.206. The van der Waals surface area contributed by atoms with Crippen molar-refractivity contribution in [2.75, 3.05) is 0 Å². The zero-order valence-electron chi connectivity index (χ0n) is 7.79. The summed E-state index contributed by atoms with van der Waals surface area (Å²) in [6.07, 6.45) is 6.18. The molecule has 0 atom stereocenters. The number of hydrogen-bond acceptors (Lipinski definition) is 4. The quantitative estimate of drug-likeness (QED) is 0.771. The van der Waals surface area contributed by atoms with E-state index >= 15 is 0 Å². The van der Waals surface area contributed by atoms with Crippen LogP contribution in [-0.2, 0) is 0 Å². The van der Waals surface area contributed by atoms with Crippen LogP contribution in [0.3, 0.4) is 0 Å². The smallest absolute Gasteiger partial charge is 0.268 e. The normalized spacial score (nSPS) is 9.87. The lowest BCUT2D eigenvalue weighted by molar-refractivity contribution is 0.0996. The second kappa shape index (κ2) is 3.83. The molecular weight excluding hydrogens is 192 g/mol. The van der Waals surface area contributed by atoms with Crippen LogP contribution in [0, 0.1) is 0 Å². The van der Waals surface area contributed by atoms with E-state index in [1.165, 1.54) is 6.20 Å². The Labute approximate surface area is 86.0 Å². The van der Waals surface area contributed by atoms with Gasteiger partial charge in [-0.2, -0.15) is 0 Å². The van der Waals surface area contributed by atoms with E-state index < -0.39 is 5.91 Å². The Morgan fingerprint density at radius 2 is 2.07 bits per heavy atom. The number of hydrogen-bond donors (Lipinski definition) is 1. The highest BCUT2D eigenvalue weighted by atomic mass is 16.1. The Hall–Kier alpha value is -2.30. The molecule has 2 heterocycles. The van der Waals surface area contributed by atoms with Gasteiger partial charge in [-0.3, -0.25) is 19.7 Å². The van der Waals surface area contributed by atoms with Crippen LogP contribution in [0.5, 0.6) is 0 Å². The number of carbonyl (C=O) groups is 1. The van der Waals surface area contributed by atoms with Gasteiger partial charge < -0.3 is 5.73 Å². The lowest BCUT2D eigenvalue weighted by Gasteiger charge is -2.03. The maximum Gasteiger partial charge on any atom is 0.268 e. The molecule has 0 fully saturated rings. The van der Waals surface area contributed by atoms with Gasteiger partial charge in [-0.15, -0.1) is 0 Å². The van der Waals surface area contributed by atoms with Crippen LogP contribution in [0.15, 0.2) is 36.9 Å². The lowest BCUT2D eigenvalue weighted by atomic mass is 10.1. The van der Waals surface area contributed by atoms with E-state index in [4.69, 9.17) is 5.73 Å². The van der Waals surface area contributed by atoms with E-state index in [1.54, 1.807) is 30.7 Å². The van der Waals surface area contributed by atoms with Crippen LogP contribution in [0.4, 0.5) is 0 Å². The standard InChI is InChI=1S/C10H8N4O/c11-10(15)9-7(2-1-3-14-9)8-6-12-4-5-13-8/h1-6H,(H2,11,15). The Kier molecular flexibility index (Phi) is 2.37. The van der Waals surface area contributed by atoms with Gasteiger partial charge >= 0.3 is 0 Å². The number of carbonyl (C=O) groups excluding carboxylic acids is 1. The molecule has 0 aromatic carbocycles. The first kappa shape index (κ1) is 9.26. The van der Waals surface area contributed by atoms with Crippen molar-refractivity contribution in [3.63, 3.8) is 0 Å². The summed E-state index contributed by atoms with van der Waals surface area (Å²) in [4.78, 5) is 23.0. The van der Waals surface area contributed by atoms with Crippen LogP contribution in [0.25, 0.3) is 11.3 Å². The SMILES string of the molecule is NC(=O)c1ncccc1-c1cnccn1. The molecule has 0 bridgehead atoms. The van der Waals surface area contributed by atoms with Crippen molar-refractivity contribution in [3.05, 3.63) is 42.6 Å². The molecule has 0 unspecified atom stereocenters. The third-order valence-corrected chi connectivity index (χ3v) is 1.88. The van der Waals surface area contributed by atoms with E-state index in [1.807, 2.05) is 0 Å². The van der Waals surface area contributed by atoms with Crippen LogP contribution < -0.4 is 5.73 Å². The molecule has 5 nitrogen and oxygen atoms in total. The van der Waals surface area contributed by atoms with Crippen LogP contribution in [0.2, 0.25) is 0 Å². The number of rotatable bonds is 2. The zero-order chi connectivity index (χ0) is 10.7. The molecule has 0 aliphatic rings. The van der Waals surface area contributed by atoms with Crippen molar-refractivity contribution in [1.29, 1.82) is 0 Å². The highest BCUT2D eigenvalue weighted by Gasteiger charge is 2.11. The summed E-state index contributed by atoms with van der Waals surface area (Å²) >= 11 is 0. The largest absolute Gasteiger partial charge is 0.364 e. The molecule has 2 aromatic heterocycles. The number of pyridine rings is 1. The molecular formula is C10H8N4O. The van der Waals surface area contributed by atoms with Crippen molar-refractivity contribution in [2.24, 2.45) is 5.73 Å². The molecule has 0 saturated carbocycles. The van der Waals surface area contributed by atoms with Gasteiger partial charge in [-0.1, -0.05) is 0 Å². The number of amides is 1. The molecule has 2 N–H and O–H groups in total. The van der Waals surface area contributed by atoms with Gasteiger partial charge in [0.15, 0.2) is 0 Å². The Morgan fingerprint density at radius 3 is 2.73 bits per heavy atom. The highest BCUT2D eigenvalue weighted by molar-refractivity contribution is 5.97. The van der Waals surface area contributed by atoms with Crippen LogP contribution >= 0.6 is 0 Å². The summed E-state index contributed by atoms with van der Waals surface area (Å²) in [5.74, 6) is -0.573. The van der Waals surface area contributed by atoms with Crippen molar-refractivity contribution < 1.29 is 4.79 Å². The average molecular weight is 200 g/mol. The fraction of sp³-hybridized carbons (Fsp3) is 0. The van der Waals surface area contributed by atoms with Gasteiger partial charge in [0.2, 0.25) is 0 Å². The van der Waals surface area contributed by atoms with Crippen molar-refractivity contribution in [3.8, 4) is 11.3 Å². The van der Waals surface area contributed by atoms with Crippen molar-refractivity contribution in [1.82, 2.24) is 15.0 Å². The first-order valence-electron chi connectivity index (χ1n) is 4.30. The minimum Gasteiger partial charge on any atom is -0.364 e. The van der Waals surface area contributed by atoms with Gasteiger partial charge in [-0.05, 0) is 12.1 Å². The molecule has 0 aliphatic heterocycles. The van der Waals surface area contributed by atoms with Crippen LogP contribution in [0.1, 0.15) is 10.5 Å². The van der Waals surface area contributed by atoms with Crippen LogP contribution in [-0.4, -0.2) is 20.9 Å². The second-order valence-corrected chi connectivity index (χ2v) is 2.85. The minimum atomic E-state index is -0.573. The topological polar surface area (TPSA) is 81.8 Å². The summed E-state index contributed by atoms with van der Waals surface area (Å²) in [5.41, 5.74) is 6.59. The molecule has 5 heteroatoms. The molecule has 2 rings (SSSR count). The van der Waals surface area contributed by atoms with Gasteiger partial charge in [0, 0.05) is 24.2 Å². The Bertz CT molecular complexity index is 484. The number of primary amides is 1. The summed E-state index contributed by atoms with van der Waals surface area (Å²) in [7, 11) is 0. The molecule has 0 aliphatic carbocycles. The monoisotopic (exact) mass is 200 g/mol. The average Bonchev–Trinajstić information content (AvgIpc) is 2.30. The van der Waals surface area contributed by atoms with E-state index in [0.717, 1.165) is 0 Å². The van der Waals surface area contributed by atoms with E-state index in [9.17, 15) is 4.79 Å². The van der Waals surface area contributed by atoms with Gasteiger partial charge in [-0.25, -0.2) is 0 Å². The predicted molar refractivity (Wildman–Crippen MR) is 53.8 cm³/mol. The van der Waals surface area contributed by atoms with Gasteiger partial charge in [0.05, 0.1) is 11.9 Å². The predicted octanol–water partition coefficient (Wildman–Crippen LogP) is 0.637. The third kappa shape index (κ3) is 1.80. The van der Waals surface area contributed by atoms with Gasteiger partial charge in [0.25, 0.3) is 5.91 Å². The van der Waals surface area contributed by atoms with E-state index in [-0.39, 0.29) is 5.69 Å². The maximum atomic E-state index is 11.1. The molecule has 0 saturated heterocycles. The molecule has 2 aromatic rings. The summed E-state index contributed by atoms with van der Waals surface area (Å²) in [6, 6.07) is 3.45. The van der Waals surface area contributed by atoms with Crippen molar-refractivity contribution in [2.45, 2.75) is 0 Å². The number of aromatic nitrogens is 3. The Balaban J connectivity index is 2.58. The summed E-state index contributed by atoms with van der Waals surface area (Å²) < 4.78 is 0. The summed E-state index contributed by atoms with van der Waals surface area (Å²) in [5, 5.41) is 0. The maximum absolute atomic E-state index is 11.1. The zero-order valence-corrected chi connectivity index (χ0v) is 7.79. The first-order chi connectivity index (χ1) is 7.29. The van der Waals surface area contributed by atoms with Crippen molar-refractivity contribution >= 4 is 5.91 Å². The fourth-order valence-electron chi connectivity index (χ4n) is 1.25. The van der Waals surface area contributed by atoms with Gasteiger partial charge in [0.1, 0.15) is 5.69 Å². The molecule has 0 radical (unpaired) electrons. The fourth-order valence-corrected chi connectivity index (χ4v) is 1.25.